The van der Waals surface area contributed by atoms with Gasteiger partial charge in [-0.25, -0.2) is 22.0 Å². The number of nitro groups is 2. The molecule has 0 radical (unpaired) electrons. The smallest absolute Gasteiger partial charge is 0.269 e. The van der Waals surface area contributed by atoms with Crippen LogP contribution in [0.4, 0.5) is 11.4 Å². The first-order chi connectivity index (χ1) is 14.4. The molecule has 2 N–H and O–H groups in total. The molecule has 0 aliphatic carbocycles. The Labute approximate surface area is 176 Å². The second-order valence-corrected chi connectivity index (χ2v) is 9.29. The van der Waals surface area contributed by atoms with Gasteiger partial charge in [0.1, 0.15) is 20.3 Å². The number of nitrogens with two attached hydrogens (primary N) is 1. The van der Waals surface area contributed by atoms with Crippen LogP contribution in [0.2, 0.25) is 0 Å². The maximum atomic E-state index is 12.1. The van der Waals surface area contributed by atoms with Crippen molar-refractivity contribution in [2.75, 3.05) is 20.3 Å². The fourth-order valence-electron chi connectivity index (χ4n) is 2.16. The zero-order chi connectivity index (χ0) is 23.2. The molecule has 2 aromatic carbocycles. The molecule has 31 heavy (non-hydrogen) atoms. The third kappa shape index (κ3) is 6.48. The van der Waals surface area contributed by atoms with Crippen LogP contribution in [-0.2, 0) is 29.5 Å². The summed E-state index contributed by atoms with van der Waals surface area (Å²) in [6, 6.07) is 8.99. The molecule has 2 aromatic rings. The van der Waals surface area contributed by atoms with Crippen molar-refractivity contribution in [3.8, 4) is 0 Å². The van der Waals surface area contributed by atoms with E-state index < -0.39 is 29.9 Å². The van der Waals surface area contributed by atoms with Gasteiger partial charge in [-0.05, 0) is 24.3 Å². The zero-order valence-corrected chi connectivity index (χ0v) is 17.2. The number of ether oxygens (including phenoxy) is 2. The highest BCUT2D eigenvalue weighted by atomic mass is 32.2. The minimum atomic E-state index is -3.77. The summed E-state index contributed by atoms with van der Waals surface area (Å²) in [6.07, 6.45) is 0. The zero-order valence-electron chi connectivity index (χ0n) is 15.6. The topological polar surface area (TPSA) is 202 Å². The number of primary sulfonamides is 1. The van der Waals surface area contributed by atoms with E-state index in [1.54, 1.807) is 0 Å². The molecule has 0 spiro atoms. The first kappa shape index (κ1) is 24.3. The van der Waals surface area contributed by atoms with Gasteiger partial charge in [0, 0.05) is 24.3 Å². The van der Waals surface area contributed by atoms with Crippen LogP contribution in [0, 0.1) is 20.2 Å². The summed E-state index contributed by atoms with van der Waals surface area (Å²) in [5.41, 5.74) is -0.340. The summed E-state index contributed by atoms with van der Waals surface area (Å²) < 4.78 is 56.3. The Morgan fingerprint density at radius 1 is 0.774 bits per heavy atom. The number of hydrogen-bond acceptors (Lipinski definition) is 10. The summed E-state index contributed by atoms with van der Waals surface area (Å²) in [4.78, 5) is 19.3. The lowest BCUT2D eigenvalue weighted by Crippen LogP contribution is -2.39. The minimum Gasteiger partial charge on any atom is -0.339 e. The van der Waals surface area contributed by atoms with Crippen molar-refractivity contribution in [1.82, 2.24) is 4.31 Å². The van der Waals surface area contributed by atoms with E-state index in [9.17, 15) is 37.1 Å². The molecule has 0 amide bonds. The number of nitrogens with zero attached hydrogens (tertiary/aromatic N) is 3. The molecule has 0 bridgehead atoms. The molecular weight excluding hydrogens is 460 g/mol. The van der Waals surface area contributed by atoms with E-state index in [2.05, 4.69) is 0 Å². The SMILES string of the molecule is NS(=O)(=O)c1ccc([N+](=O)[O-])cc1.O=[N+]([O-])c1ccc(S(=O)(=O)N2COCOC2)cc1. The molecule has 1 aliphatic heterocycles. The van der Waals surface area contributed by atoms with Crippen molar-refractivity contribution in [2.24, 2.45) is 5.14 Å². The van der Waals surface area contributed by atoms with Crippen LogP contribution in [0.15, 0.2) is 58.3 Å². The first-order valence-electron chi connectivity index (χ1n) is 8.10. The lowest BCUT2D eigenvalue weighted by atomic mass is 10.3. The van der Waals surface area contributed by atoms with Gasteiger partial charge >= 0.3 is 0 Å². The van der Waals surface area contributed by atoms with Crippen LogP contribution in [-0.4, -0.2) is 51.2 Å². The van der Waals surface area contributed by atoms with E-state index in [0.717, 1.165) is 40.7 Å². The Bertz CT molecular complexity index is 1140. The van der Waals surface area contributed by atoms with Gasteiger partial charge in [-0.15, -0.1) is 4.31 Å². The maximum absolute atomic E-state index is 12.1. The molecule has 168 valence electrons. The number of nitro benzene ring substituents is 2. The summed E-state index contributed by atoms with van der Waals surface area (Å²) in [7, 11) is -7.51. The van der Waals surface area contributed by atoms with Crippen LogP contribution in [0.3, 0.4) is 0 Å². The highest BCUT2D eigenvalue weighted by molar-refractivity contribution is 7.89. The lowest BCUT2D eigenvalue weighted by Gasteiger charge is -2.25. The number of rotatable bonds is 5. The summed E-state index contributed by atoms with van der Waals surface area (Å²) in [5, 5.41) is 25.4. The molecule has 0 atom stereocenters. The highest BCUT2D eigenvalue weighted by Crippen LogP contribution is 2.20. The normalized spacial score (nSPS) is 14.9. The van der Waals surface area contributed by atoms with Crippen molar-refractivity contribution in [3.63, 3.8) is 0 Å². The second kappa shape index (κ2) is 9.86. The van der Waals surface area contributed by atoms with Crippen molar-refractivity contribution < 1.29 is 36.2 Å². The van der Waals surface area contributed by atoms with Gasteiger partial charge in [-0.1, -0.05) is 0 Å². The molecule has 0 unspecified atom stereocenters. The largest absolute Gasteiger partial charge is 0.339 e. The molecule has 0 saturated carbocycles. The molecular formula is C15H16N4O10S2. The van der Waals surface area contributed by atoms with E-state index in [4.69, 9.17) is 14.6 Å². The van der Waals surface area contributed by atoms with Crippen molar-refractivity contribution in [3.05, 3.63) is 68.8 Å². The average molecular weight is 476 g/mol. The fraction of sp³-hybridized carbons (Fsp3) is 0.200. The Balaban J connectivity index is 0.000000233. The number of benzene rings is 2. The van der Waals surface area contributed by atoms with Gasteiger partial charge in [-0.3, -0.25) is 20.2 Å². The van der Waals surface area contributed by atoms with Crippen LogP contribution in [0.1, 0.15) is 0 Å². The Morgan fingerprint density at radius 2 is 1.16 bits per heavy atom. The number of sulfonamides is 2. The Kier molecular flexibility index (Phi) is 7.71. The fourth-order valence-corrected chi connectivity index (χ4v) is 3.88. The van der Waals surface area contributed by atoms with Crippen molar-refractivity contribution in [2.45, 2.75) is 9.79 Å². The quantitative estimate of drug-likeness (QED) is 0.473. The third-order valence-corrected chi connectivity index (χ3v) is 6.39. The number of non-ortho nitro benzene ring substituents is 2. The molecule has 1 aliphatic rings. The molecule has 3 rings (SSSR count). The second-order valence-electron chi connectivity index (χ2n) is 5.79. The van der Waals surface area contributed by atoms with E-state index in [-0.39, 0.29) is 41.4 Å². The predicted molar refractivity (Wildman–Crippen MR) is 103 cm³/mol. The van der Waals surface area contributed by atoms with Gasteiger partial charge in [0.05, 0.1) is 19.6 Å². The van der Waals surface area contributed by atoms with Gasteiger partial charge in [0.15, 0.2) is 0 Å². The summed E-state index contributed by atoms with van der Waals surface area (Å²) in [5.74, 6) is 0. The van der Waals surface area contributed by atoms with Crippen molar-refractivity contribution >= 4 is 31.4 Å². The first-order valence-corrected chi connectivity index (χ1v) is 11.1. The van der Waals surface area contributed by atoms with Crippen LogP contribution >= 0.6 is 0 Å². The Morgan fingerprint density at radius 3 is 1.52 bits per heavy atom. The third-order valence-electron chi connectivity index (χ3n) is 3.70. The number of hydrogen-bond donors (Lipinski definition) is 1. The van der Waals surface area contributed by atoms with Gasteiger partial charge in [0.2, 0.25) is 20.0 Å². The maximum Gasteiger partial charge on any atom is 0.269 e. The molecule has 1 saturated heterocycles. The van der Waals surface area contributed by atoms with Crippen LogP contribution in [0.5, 0.6) is 0 Å². The average Bonchev–Trinajstić information content (AvgIpc) is 2.74. The van der Waals surface area contributed by atoms with Gasteiger partial charge in [0.25, 0.3) is 11.4 Å². The van der Waals surface area contributed by atoms with Crippen LogP contribution in [0.25, 0.3) is 0 Å². The monoisotopic (exact) mass is 476 g/mol. The van der Waals surface area contributed by atoms with Crippen LogP contribution < -0.4 is 5.14 Å². The lowest BCUT2D eigenvalue weighted by molar-refractivity contribution is -0.385. The van der Waals surface area contributed by atoms with Gasteiger partial charge in [-0.2, -0.15) is 0 Å². The summed E-state index contributed by atoms with van der Waals surface area (Å²) in [6.45, 7) is -0.148. The standard InChI is InChI=1S/C9H10N2O6S.C6H6N2O4S/c12-11(13)8-1-3-9(4-2-8)18(14,15)10-5-16-7-17-6-10;7-13(11,12)6-3-1-5(2-4-6)8(9)10/h1-4H,5-7H2;1-4H,(H2,7,11,12). The summed E-state index contributed by atoms with van der Waals surface area (Å²) >= 11 is 0. The minimum absolute atomic E-state index is 0.0396. The molecule has 0 aromatic heterocycles. The highest BCUT2D eigenvalue weighted by Gasteiger charge is 2.27. The Hall–Kier alpha value is -3.02. The molecule has 1 fully saturated rings. The van der Waals surface area contributed by atoms with E-state index in [1.165, 1.54) is 12.1 Å². The van der Waals surface area contributed by atoms with E-state index >= 15 is 0 Å². The van der Waals surface area contributed by atoms with E-state index in [1.807, 2.05) is 0 Å². The van der Waals surface area contributed by atoms with Gasteiger partial charge < -0.3 is 9.47 Å². The predicted octanol–water partition coefficient (Wildman–Crippen LogP) is 0.747. The molecule has 16 heteroatoms. The molecule has 14 nitrogen and oxygen atoms in total. The van der Waals surface area contributed by atoms with Crippen molar-refractivity contribution in [1.29, 1.82) is 0 Å². The van der Waals surface area contributed by atoms with E-state index in [0.29, 0.717) is 0 Å². The molecule has 1 heterocycles.